The molecule has 184 valence electrons. The molecule has 1 atom stereocenters. The number of ether oxygens (including phenoxy) is 1. The fraction of sp³-hybridized carbons (Fsp3) is 0.348. The Balaban J connectivity index is 1.13. The van der Waals surface area contributed by atoms with Gasteiger partial charge in [0.15, 0.2) is 5.69 Å². The molecule has 0 saturated carbocycles. The number of aromatic nitrogens is 5. The highest BCUT2D eigenvalue weighted by Crippen LogP contribution is 2.29. The standard InChI is InChI=1S/C23H22N8O5/c32-20-4-3-18(22(34)26-20)30-9-13-1-2-15(7-16(13)23(30)35)31-11-17(27-28-31)21(33)24-8-14-10-29-5-6-36-12-19(29)25-14/h1-2,7,10-11,18H,3-6,8-9,12H2,(H,24,33)(H,26,32,34). The summed E-state index contributed by atoms with van der Waals surface area (Å²) in [4.78, 5) is 55.3. The lowest BCUT2D eigenvalue weighted by Crippen LogP contribution is -2.52. The molecule has 0 aliphatic carbocycles. The van der Waals surface area contributed by atoms with Crippen LogP contribution in [-0.2, 0) is 40.6 Å². The fourth-order valence-corrected chi connectivity index (χ4v) is 4.67. The number of piperidine rings is 1. The molecule has 3 aromatic rings. The smallest absolute Gasteiger partial charge is 0.273 e. The summed E-state index contributed by atoms with van der Waals surface area (Å²) >= 11 is 0. The van der Waals surface area contributed by atoms with Crippen LogP contribution >= 0.6 is 0 Å². The summed E-state index contributed by atoms with van der Waals surface area (Å²) in [5.41, 5.74) is 2.64. The fourth-order valence-electron chi connectivity index (χ4n) is 4.67. The maximum absolute atomic E-state index is 13.0. The van der Waals surface area contributed by atoms with E-state index in [9.17, 15) is 19.2 Å². The average molecular weight is 490 g/mol. The van der Waals surface area contributed by atoms with Gasteiger partial charge in [-0.15, -0.1) is 5.10 Å². The van der Waals surface area contributed by atoms with Gasteiger partial charge >= 0.3 is 0 Å². The van der Waals surface area contributed by atoms with E-state index in [2.05, 4.69) is 25.9 Å². The van der Waals surface area contributed by atoms with Crippen LogP contribution in [0.5, 0.6) is 0 Å². The Labute approximate surface area is 204 Å². The third kappa shape index (κ3) is 3.92. The van der Waals surface area contributed by atoms with Crippen LogP contribution in [0, 0.1) is 0 Å². The van der Waals surface area contributed by atoms with Crippen LogP contribution in [-0.4, -0.2) is 65.7 Å². The molecular formula is C23H22N8O5. The lowest BCUT2D eigenvalue weighted by Gasteiger charge is -2.29. The normalized spacial score (nSPS) is 19.2. The molecule has 1 fully saturated rings. The van der Waals surface area contributed by atoms with Crippen LogP contribution in [0.2, 0.25) is 0 Å². The molecule has 1 aromatic carbocycles. The van der Waals surface area contributed by atoms with Crippen LogP contribution < -0.4 is 10.6 Å². The van der Waals surface area contributed by atoms with Crippen molar-refractivity contribution in [1.82, 2.24) is 40.1 Å². The van der Waals surface area contributed by atoms with Crippen molar-refractivity contribution < 1.29 is 23.9 Å². The molecule has 0 spiro atoms. The molecule has 1 saturated heterocycles. The van der Waals surface area contributed by atoms with Crippen molar-refractivity contribution in [1.29, 1.82) is 0 Å². The Morgan fingerprint density at radius 1 is 1.22 bits per heavy atom. The van der Waals surface area contributed by atoms with Crippen LogP contribution in [0.3, 0.4) is 0 Å². The van der Waals surface area contributed by atoms with Crippen molar-refractivity contribution >= 4 is 23.6 Å². The van der Waals surface area contributed by atoms with Crippen LogP contribution in [0.4, 0.5) is 0 Å². The summed E-state index contributed by atoms with van der Waals surface area (Å²) in [6, 6.07) is 4.55. The maximum atomic E-state index is 13.0. The van der Waals surface area contributed by atoms with Crippen molar-refractivity contribution in [3.63, 3.8) is 0 Å². The van der Waals surface area contributed by atoms with Gasteiger partial charge in [0, 0.05) is 31.3 Å². The number of carbonyl (C=O) groups excluding carboxylic acids is 4. The molecule has 4 amide bonds. The van der Waals surface area contributed by atoms with Crippen LogP contribution in [0.15, 0.2) is 30.6 Å². The number of imide groups is 1. The highest BCUT2D eigenvalue weighted by molar-refractivity contribution is 6.05. The molecule has 0 radical (unpaired) electrons. The van der Waals surface area contributed by atoms with Crippen molar-refractivity contribution in [3.8, 4) is 5.69 Å². The van der Waals surface area contributed by atoms with Gasteiger partial charge in [0.05, 0.1) is 30.7 Å². The van der Waals surface area contributed by atoms with E-state index in [1.165, 1.54) is 15.8 Å². The van der Waals surface area contributed by atoms with Gasteiger partial charge in [0.1, 0.15) is 18.5 Å². The molecule has 2 aromatic heterocycles. The van der Waals surface area contributed by atoms with E-state index in [1.807, 2.05) is 10.8 Å². The number of nitrogens with zero attached hydrogens (tertiary/aromatic N) is 6. The van der Waals surface area contributed by atoms with Crippen molar-refractivity contribution in [2.75, 3.05) is 6.61 Å². The Kier molecular flexibility index (Phi) is 5.33. The van der Waals surface area contributed by atoms with E-state index < -0.39 is 17.9 Å². The zero-order chi connectivity index (χ0) is 24.8. The number of nitrogens with one attached hydrogen (secondary N) is 2. The minimum atomic E-state index is -0.680. The topological polar surface area (TPSA) is 153 Å². The van der Waals surface area contributed by atoms with Crippen molar-refractivity contribution in [3.05, 3.63) is 58.9 Å². The summed E-state index contributed by atoms with van der Waals surface area (Å²) in [5, 5.41) is 13.1. The second-order valence-electron chi connectivity index (χ2n) is 8.87. The second kappa shape index (κ2) is 8.68. The average Bonchev–Trinajstić information content (AvgIpc) is 3.60. The molecule has 13 nitrogen and oxygen atoms in total. The zero-order valence-corrected chi connectivity index (χ0v) is 19.1. The number of carbonyl (C=O) groups is 4. The Morgan fingerprint density at radius 2 is 2.11 bits per heavy atom. The van der Waals surface area contributed by atoms with Gasteiger partial charge in [0.2, 0.25) is 11.8 Å². The molecular weight excluding hydrogens is 468 g/mol. The van der Waals surface area contributed by atoms with E-state index in [-0.39, 0.29) is 37.0 Å². The van der Waals surface area contributed by atoms with E-state index in [0.717, 1.165) is 23.6 Å². The second-order valence-corrected chi connectivity index (χ2v) is 8.87. The van der Waals surface area contributed by atoms with Crippen molar-refractivity contribution in [2.24, 2.45) is 0 Å². The third-order valence-corrected chi connectivity index (χ3v) is 6.55. The Morgan fingerprint density at radius 3 is 2.94 bits per heavy atom. The first-order valence-corrected chi connectivity index (χ1v) is 11.6. The van der Waals surface area contributed by atoms with Crippen LogP contribution in [0.1, 0.15) is 50.8 Å². The summed E-state index contributed by atoms with van der Waals surface area (Å²) in [5.74, 6) is -0.632. The first-order valence-electron chi connectivity index (χ1n) is 11.6. The zero-order valence-electron chi connectivity index (χ0n) is 19.1. The molecule has 3 aliphatic heterocycles. The van der Waals surface area contributed by atoms with Gasteiger partial charge in [0.25, 0.3) is 11.8 Å². The van der Waals surface area contributed by atoms with Crippen molar-refractivity contribution in [2.45, 2.75) is 45.1 Å². The Bertz CT molecular complexity index is 1390. The first kappa shape index (κ1) is 22.1. The van der Waals surface area contributed by atoms with Gasteiger partial charge in [-0.1, -0.05) is 11.3 Å². The Hall–Kier alpha value is -4.39. The predicted molar refractivity (Wildman–Crippen MR) is 120 cm³/mol. The summed E-state index contributed by atoms with van der Waals surface area (Å²) in [7, 11) is 0. The minimum absolute atomic E-state index is 0.124. The molecule has 13 heteroatoms. The molecule has 5 heterocycles. The van der Waals surface area contributed by atoms with Gasteiger partial charge in [-0.2, -0.15) is 0 Å². The largest absolute Gasteiger partial charge is 0.372 e. The third-order valence-electron chi connectivity index (χ3n) is 6.55. The lowest BCUT2D eigenvalue weighted by atomic mass is 10.0. The van der Waals surface area contributed by atoms with E-state index in [4.69, 9.17) is 4.74 Å². The van der Waals surface area contributed by atoms with Gasteiger partial charge in [-0.05, 0) is 24.1 Å². The summed E-state index contributed by atoms with van der Waals surface area (Å²) < 4.78 is 8.82. The first-order chi connectivity index (χ1) is 17.5. The molecule has 1 unspecified atom stereocenters. The SMILES string of the molecule is O=C1CCC(N2Cc3ccc(-n4cc(C(=O)NCc5cn6c(n5)COCC6)nn4)cc3C2=O)C(=O)N1. The molecule has 2 N–H and O–H groups in total. The molecule has 6 rings (SSSR count). The van der Waals surface area contributed by atoms with E-state index in [1.54, 1.807) is 18.2 Å². The number of rotatable bonds is 5. The number of benzene rings is 1. The minimum Gasteiger partial charge on any atom is -0.372 e. The lowest BCUT2D eigenvalue weighted by molar-refractivity contribution is -0.136. The van der Waals surface area contributed by atoms with Crippen LogP contribution in [0.25, 0.3) is 5.69 Å². The summed E-state index contributed by atoms with van der Waals surface area (Å²) in [6.45, 7) is 2.36. The summed E-state index contributed by atoms with van der Waals surface area (Å²) in [6.07, 6.45) is 3.88. The number of hydrogen-bond acceptors (Lipinski definition) is 8. The molecule has 0 bridgehead atoms. The monoisotopic (exact) mass is 490 g/mol. The number of amides is 4. The molecule has 36 heavy (non-hydrogen) atoms. The quantitative estimate of drug-likeness (QED) is 0.462. The highest BCUT2D eigenvalue weighted by atomic mass is 16.5. The number of imidazole rings is 1. The van der Waals surface area contributed by atoms with E-state index in [0.29, 0.717) is 30.9 Å². The van der Waals surface area contributed by atoms with Gasteiger partial charge in [-0.25, -0.2) is 9.67 Å². The predicted octanol–water partition coefficient (Wildman–Crippen LogP) is -0.315. The number of hydrogen-bond donors (Lipinski definition) is 2. The maximum Gasteiger partial charge on any atom is 0.273 e. The number of fused-ring (bicyclic) bond motifs is 2. The van der Waals surface area contributed by atoms with E-state index >= 15 is 0 Å². The highest BCUT2D eigenvalue weighted by Gasteiger charge is 2.39. The van der Waals surface area contributed by atoms with Gasteiger partial charge < -0.3 is 19.5 Å². The molecule has 3 aliphatic rings. The van der Waals surface area contributed by atoms with Gasteiger partial charge in [-0.3, -0.25) is 24.5 Å².